The third kappa shape index (κ3) is 40.3. The van der Waals surface area contributed by atoms with E-state index in [-0.39, 0.29) is 18.9 Å². The highest BCUT2D eigenvalue weighted by molar-refractivity contribution is 5.76. The summed E-state index contributed by atoms with van der Waals surface area (Å²) in [5, 5.41) is 121. The number of allylic oxidation sites excluding steroid dienone is 21. The molecule has 17 atom stereocenters. The summed E-state index contributed by atoms with van der Waals surface area (Å²) in [6.45, 7) is 1.58. The number of hydrogen-bond acceptors (Lipinski definition) is 18. The first kappa shape index (κ1) is 90.1. The molecular weight excluding hydrogens is 1270 g/mol. The highest BCUT2D eigenvalue weighted by Crippen LogP contribution is 2.33. The number of carbonyl (C=O) groups excluding carboxylic acids is 1. The van der Waals surface area contributed by atoms with Gasteiger partial charge in [-0.3, -0.25) is 4.79 Å². The Labute approximate surface area is 600 Å². The van der Waals surface area contributed by atoms with Gasteiger partial charge in [-0.25, -0.2) is 0 Å². The molecule has 0 aromatic carbocycles. The van der Waals surface area contributed by atoms with Gasteiger partial charge in [-0.05, 0) is 103 Å². The molecule has 0 spiro atoms. The van der Waals surface area contributed by atoms with Gasteiger partial charge in [0.1, 0.15) is 73.2 Å². The van der Waals surface area contributed by atoms with Gasteiger partial charge in [-0.2, -0.15) is 0 Å². The molecule has 12 N–H and O–H groups in total. The fraction of sp³-hybridized carbons (Fsp3) is 0.716. The topological polar surface area (TPSA) is 307 Å². The van der Waals surface area contributed by atoms with Crippen molar-refractivity contribution in [2.75, 3.05) is 26.4 Å². The summed E-state index contributed by atoms with van der Waals surface area (Å²) in [6.07, 6.45) is 58.6. The van der Waals surface area contributed by atoms with Crippen LogP contribution in [0.5, 0.6) is 0 Å². The van der Waals surface area contributed by atoms with Gasteiger partial charge >= 0.3 is 0 Å². The number of nitrogens with one attached hydrogen (secondary N) is 1. The average molecular weight is 1410 g/mol. The van der Waals surface area contributed by atoms with Gasteiger partial charge in [-0.1, -0.05) is 263 Å². The van der Waals surface area contributed by atoms with Crippen LogP contribution in [0.1, 0.15) is 239 Å². The fourth-order valence-electron chi connectivity index (χ4n) is 12.0. The minimum absolute atomic E-state index is 0.224. The molecule has 0 saturated carbocycles. The lowest BCUT2D eigenvalue weighted by Gasteiger charge is -2.48. The Kier molecular flexibility index (Phi) is 54.3. The predicted octanol–water partition coefficient (Wildman–Crippen LogP) is 12.1. The monoisotopic (exact) mass is 1410 g/mol. The molecule has 0 bridgehead atoms. The summed E-state index contributed by atoms with van der Waals surface area (Å²) in [7, 11) is 0. The van der Waals surface area contributed by atoms with Crippen LogP contribution in [0.15, 0.2) is 134 Å². The summed E-state index contributed by atoms with van der Waals surface area (Å²) >= 11 is 0. The molecule has 3 aliphatic rings. The summed E-state index contributed by atoms with van der Waals surface area (Å²) in [4.78, 5) is 13.4. The molecular formula is C81H135NO18. The minimum atomic E-state index is -1.99. The Morgan fingerprint density at radius 1 is 0.370 bits per heavy atom. The van der Waals surface area contributed by atoms with Gasteiger partial charge in [0.25, 0.3) is 0 Å². The molecule has 1 amide bonds. The lowest BCUT2D eigenvalue weighted by Crippen LogP contribution is -2.66. The van der Waals surface area contributed by atoms with Crippen molar-refractivity contribution in [2.24, 2.45) is 0 Å². The van der Waals surface area contributed by atoms with Crippen LogP contribution < -0.4 is 5.32 Å². The molecule has 3 aliphatic heterocycles. The average Bonchev–Trinajstić information content (AvgIpc) is 0.784. The maximum Gasteiger partial charge on any atom is 0.220 e. The molecule has 572 valence electrons. The van der Waals surface area contributed by atoms with Crippen LogP contribution in [0.25, 0.3) is 0 Å². The second kappa shape index (κ2) is 60.2. The number of hydrogen-bond donors (Lipinski definition) is 12. The van der Waals surface area contributed by atoms with Crippen LogP contribution >= 0.6 is 0 Å². The van der Waals surface area contributed by atoms with Gasteiger partial charge in [0.05, 0.1) is 38.6 Å². The molecule has 3 rings (SSSR count). The molecule has 19 heteroatoms. The second-order valence-electron chi connectivity index (χ2n) is 26.7. The Balaban J connectivity index is 1.35. The van der Waals surface area contributed by atoms with Crippen molar-refractivity contribution in [3.8, 4) is 0 Å². The maximum absolute atomic E-state index is 13.4. The third-order valence-corrected chi connectivity index (χ3v) is 18.2. The number of aliphatic hydroxyl groups is 11. The van der Waals surface area contributed by atoms with Crippen LogP contribution in [-0.2, 0) is 33.2 Å². The number of amides is 1. The van der Waals surface area contributed by atoms with Gasteiger partial charge in [0.15, 0.2) is 18.9 Å². The van der Waals surface area contributed by atoms with E-state index in [9.17, 15) is 61.0 Å². The minimum Gasteiger partial charge on any atom is -0.394 e. The molecule has 0 aromatic rings. The molecule has 17 unspecified atom stereocenters. The Morgan fingerprint density at radius 3 is 1.12 bits per heavy atom. The van der Waals surface area contributed by atoms with Crippen molar-refractivity contribution < 1.29 is 89.4 Å². The number of ether oxygens (including phenoxy) is 6. The first-order chi connectivity index (χ1) is 48.8. The summed E-state index contributed by atoms with van der Waals surface area (Å²) in [6, 6.07) is -1.00. The van der Waals surface area contributed by atoms with E-state index in [2.05, 4.69) is 141 Å². The summed E-state index contributed by atoms with van der Waals surface area (Å²) < 4.78 is 34.4. The number of unbranched alkanes of at least 4 members (excludes halogenated alkanes) is 22. The highest BCUT2D eigenvalue weighted by atomic mass is 16.8. The van der Waals surface area contributed by atoms with E-state index in [0.717, 1.165) is 109 Å². The van der Waals surface area contributed by atoms with Crippen LogP contribution in [0.4, 0.5) is 0 Å². The zero-order chi connectivity index (χ0) is 72.5. The van der Waals surface area contributed by atoms with Crippen LogP contribution in [0.3, 0.4) is 0 Å². The first-order valence-corrected chi connectivity index (χ1v) is 38.4. The van der Waals surface area contributed by atoms with Crippen molar-refractivity contribution in [1.82, 2.24) is 5.32 Å². The van der Waals surface area contributed by atoms with E-state index in [0.29, 0.717) is 12.8 Å². The van der Waals surface area contributed by atoms with E-state index in [1.807, 2.05) is 6.08 Å². The standard InChI is InChI=1S/C81H135NO18/c1-3-5-7-9-11-13-15-17-19-21-22-23-24-25-26-27-28-29-30-31-32-33-34-35-36-37-38-39-40-41-42-43-45-47-49-51-53-55-57-59-69(87)82-64(65(86)58-56-54-52-50-48-46-44-20-18-16-14-12-10-8-6-4-2)63-95-79-75(93)72(90)77(67(61-84)97-79)100-81-76(94)73(91)78(68(62-85)98-81)99-80-74(92)71(89)70(88)66(60-83)96-80/h5,7,11,13,17,19,22-23,25-26,28-29,31-32,34-35,37-38,48,50,56,58,64-68,70-81,83-86,88-94H,3-4,6,8-10,12,14-16,18,20-21,24,27,30,33,36,39-47,49,51-55,57,59-63H2,1-2H3,(H,82,87)/b7-5-,13-11-,19-17-,23-22-,26-25-,29-28-,32-31-,35-34-,38-37-,50-48+,58-56+. The van der Waals surface area contributed by atoms with Crippen molar-refractivity contribution in [3.05, 3.63) is 134 Å². The molecule has 3 saturated heterocycles. The largest absolute Gasteiger partial charge is 0.394 e. The first-order valence-electron chi connectivity index (χ1n) is 38.4. The van der Waals surface area contributed by atoms with Gasteiger partial charge < -0.3 is 89.9 Å². The van der Waals surface area contributed by atoms with Crippen LogP contribution in [0.2, 0.25) is 0 Å². The number of aliphatic hydroxyl groups excluding tert-OH is 11. The van der Waals surface area contributed by atoms with Gasteiger partial charge in [-0.15, -0.1) is 0 Å². The smallest absolute Gasteiger partial charge is 0.220 e. The third-order valence-electron chi connectivity index (χ3n) is 18.2. The molecule has 19 nitrogen and oxygen atoms in total. The predicted molar refractivity (Wildman–Crippen MR) is 396 cm³/mol. The van der Waals surface area contributed by atoms with Crippen molar-refractivity contribution in [2.45, 2.75) is 343 Å². The second-order valence-corrected chi connectivity index (χ2v) is 26.7. The fourth-order valence-corrected chi connectivity index (χ4v) is 12.0. The molecule has 0 radical (unpaired) electrons. The molecule has 100 heavy (non-hydrogen) atoms. The molecule has 3 fully saturated rings. The zero-order valence-corrected chi connectivity index (χ0v) is 60.9. The lowest BCUT2D eigenvalue weighted by atomic mass is 9.96. The van der Waals surface area contributed by atoms with E-state index >= 15 is 0 Å². The Bertz CT molecular complexity index is 2330. The van der Waals surface area contributed by atoms with E-state index < -0.39 is 124 Å². The maximum atomic E-state index is 13.4. The SMILES string of the molecule is CC/C=C\C/C=C\C/C=C\C/C=C\C/C=C\C/C=C\C/C=C\C/C=C\C/C=C\CCCCCCCCCCCCCC(=O)NC(COC1OC(CO)C(OC2OC(CO)C(OC3OC(CO)C(O)C(O)C3O)C(O)C2O)C(O)C1O)C(O)/C=C/CC/C=C/CCCCCCCCCCCC. The molecule has 3 heterocycles. The Hall–Kier alpha value is -4.07. The van der Waals surface area contributed by atoms with Crippen molar-refractivity contribution in [3.63, 3.8) is 0 Å². The van der Waals surface area contributed by atoms with E-state index in [1.165, 1.54) is 96.3 Å². The lowest BCUT2D eigenvalue weighted by molar-refractivity contribution is -0.379. The van der Waals surface area contributed by atoms with Crippen molar-refractivity contribution >= 4 is 5.91 Å². The highest BCUT2D eigenvalue weighted by Gasteiger charge is 2.53. The summed E-state index contributed by atoms with van der Waals surface area (Å²) in [5.74, 6) is -0.294. The van der Waals surface area contributed by atoms with Crippen LogP contribution in [0, 0.1) is 0 Å². The van der Waals surface area contributed by atoms with Crippen LogP contribution in [-0.4, -0.2) is 193 Å². The normalized spacial score (nSPS) is 27.2. The number of carbonyl (C=O) groups is 1. The van der Waals surface area contributed by atoms with Crippen molar-refractivity contribution in [1.29, 1.82) is 0 Å². The zero-order valence-electron chi connectivity index (χ0n) is 60.9. The van der Waals surface area contributed by atoms with Gasteiger partial charge in [0.2, 0.25) is 5.91 Å². The van der Waals surface area contributed by atoms with E-state index in [4.69, 9.17) is 28.4 Å². The molecule has 0 aromatic heterocycles. The van der Waals surface area contributed by atoms with E-state index in [1.54, 1.807) is 6.08 Å². The van der Waals surface area contributed by atoms with Gasteiger partial charge in [0, 0.05) is 6.42 Å². The summed E-state index contributed by atoms with van der Waals surface area (Å²) in [5.41, 5.74) is 0. The Morgan fingerprint density at radius 2 is 0.700 bits per heavy atom. The number of rotatable bonds is 58. The quantitative estimate of drug-likeness (QED) is 0.0199. The molecule has 0 aliphatic carbocycles.